The molecule has 0 aliphatic carbocycles. The van der Waals surface area contributed by atoms with Crippen LogP contribution in [0.2, 0.25) is 0 Å². The molecule has 0 saturated carbocycles. The molecule has 2 aromatic carbocycles. The number of nitrogens with zero attached hydrogens (tertiary/aromatic N) is 3. The SMILES string of the molecule is CCOC(=O)Cc1nc2c(Oc3ccc(NC(=O)c4cnc(C)c(-c5ccc(F)cc5)c4O)cc3F)ccnc2cc1OC. The minimum absolute atomic E-state index is 0.0855. The number of carbonyl (C=O) groups excluding carboxylic acids is 2. The molecule has 5 rings (SSSR count). The van der Waals surface area contributed by atoms with Gasteiger partial charge in [-0.05, 0) is 43.7 Å². The number of aryl methyl sites for hydroxylation is 1. The van der Waals surface area contributed by atoms with Crippen LogP contribution in [0, 0.1) is 18.6 Å². The fourth-order valence-electron chi connectivity index (χ4n) is 4.50. The van der Waals surface area contributed by atoms with Gasteiger partial charge in [0.1, 0.15) is 28.4 Å². The van der Waals surface area contributed by atoms with E-state index >= 15 is 4.39 Å². The van der Waals surface area contributed by atoms with Crippen molar-refractivity contribution in [2.24, 2.45) is 0 Å². The second kappa shape index (κ2) is 12.7. The van der Waals surface area contributed by atoms with E-state index in [1.165, 1.54) is 62.0 Å². The molecule has 0 atom stereocenters. The molecule has 2 N–H and O–H groups in total. The summed E-state index contributed by atoms with van der Waals surface area (Å²) in [6.45, 7) is 3.55. The standard InChI is InChI=1S/C32H26F2N4O6/c1-4-43-28(39)15-23-27(42-3)14-24-30(38-23)26(11-12-35-24)44-25-10-9-20(13-22(25)34)37-32(41)21-16-36-17(2)29(31(21)40)18-5-7-19(33)8-6-18/h5-14,16H,4,15H2,1-3H3,(H,36,40)(H,37,41). The fourth-order valence-corrected chi connectivity index (χ4v) is 4.50. The molecule has 1 amide bonds. The highest BCUT2D eigenvalue weighted by Gasteiger charge is 2.21. The van der Waals surface area contributed by atoms with Gasteiger partial charge in [0, 0.05) is 47.5 Å². The Balaban J connectivity index is 1.39. The van der Waals surface area contributed by atoms with Crippen LogP contribution in [0.5, 0.6) is 23.0 Å². The van der Waals surface area contributed by atoms with Gasteiger partial charge in [-0.1, -0.05) is 12.1 Å². The summed E-state index contributed by atoms with van der Waals surface area (Å²) in [5, 5.41) is 13.4. The van der Waals surface area contributed by atoms with E-state index in [2.05, 4.69) is 20.3 Å². The van der Waals surface area contributed by atoms with Gasteiger partial charge in [0.05, 0.1) is 31.3 Å². The average Bonchev–Trinajstić information content (AvgIpc) is 2.99. The Bertz CT molecular complexity index is 1880. The van der Waals surface area contributed by atoms with Crippen LogP contribution in [-0.4, -0.2) is 45.7 Å². The number of pyridine rings is 3. The third-order valence-corrected chi connectivity index (χ3v) is 6.58. The molecule has 0 aliphatic rings. The van der Waals surface area contributed by atoms with Gasteiger partial charge in [-0.3, -0.25) is 19.6 Å². The van der Waals surface area contributed by atoms with Gasteiger partial charge in [0.25, 0.3) is 5.91 Å². The Kier molecular flexibility index (Phi) is 8.61. The number of fused-ring (bicyclic) bond motifs is 1. The first-order chi connectivity index (χ1) is 21.2. The number of anilines is 1. The maximum atomic E-state index is 15.2. The number of hydrogen-bond acceptors (Lipinski definition) is 9. The highest BCUT2D eigenvalue weighted by Crippen LogP contribution is 2.36. The number of rotatable bonds is 9. The first-order valence-electron chi connectivity index (χ1n) is 13.4. The van der Waals surface area contributed by atoms with Crippen LogP contribution < -0.4 is 14.8 Å². The van der Waals surface area contributed by atoms with E-state index in [1.54, 1.807) is 19.9 Å². The van der Waals surface area contributed by atoms with Gasteiger partial charge in [-0.25, -0.2) is 13.8 Å². The van der Waals surface area contributed by atoms with E-state index in [0.717, 1.165) is 6.07 Å². The van der Waals surface area contributed by atoms with Crippen LogP contribution in [0.4, 0.5) is 14.5 Å². The number of aromatic hydroxyl groups is 1. The number of esters is 1. The zero-order valence-corrected chi connectivity index (χ0v) is 23.9. The minimum atomic E-state index is -0.800. The van der Waals surface area contributed by atoms with E-state index in [9.17, 15) is 19.1 Å². The number of hydrogen-bond donors (Lipinski definition) is 2. The Labute approximate surface area is 250 Å². The molecule has 3 heterocycles. The molecule has 12 heteroatoms. The first kappa shape index (κ1) is 29.8. The lowest BCUT2D eigenvalue weighted by Crippen LogP contribution is -2.13. The van der Waals surface area contributed by atoms with E-state index in [-0.39, 0.29) is 52.6 Å². The summed E-state index contributed by atoms with van der Waals surface area (Å²) in [6.07, 6.45) is 2.51. The van der Waals surface area contributed by atoms with E-state index in [1.807, 2.05) is 0 Å². The Morgan fingerprint density at radius 1 is 0.977 bits per heavy atom. The predicted octanol–water partition coefficient (Wildman–Crippen LogP) is 6.14. The Morgan fingerprint density at radius 2 is 1.75 bits per heavy atom. The maximum Gasteiger partial charge on any atom is 0.312 e. The van der Waals surface area contributed by atoms with Gasteiger partial charge in [0.2, 0.25) is 0 Å². The largest absolute Gasteiger partial charge is 0.506 e. The van der Waals surface area contributed by atoms with Gasteiger partial charge < -0.3 is 24.6 Å². The molecule has 0 fully saturated rings. The second-order valence-corrected chi connectivity index (χ2v) is 9.49. The summed E-state index contributed by atoms with van der Waals surface area (Å²) in [5.74, 6) is -2.49. The average molecular weight is 601 g/mol. The van der Waals surface area contributed by atoms with Crippen molar-refractivity contribution in [3.05, 3.63) is 95.6 Å². The molecule has 3 aromatic heterocycles. The topological polar surface area (TPSA) is 133 Å². The number of ether oxygens (including phenoxy) is 3. The maximum absolute atomic E-state index is 15.2. The van der Waals surface area contributed by atoms with Crippen molar-refractivity contribution < 1.29 is 37.7 Å². The molecule has 0 spiro atoms. The molecule has 0 unspecified atom stereocenters. The van der Waals surface area contributed by atoms with Gasteiger partial charge in [-0.15, -0.1) is 0 Å². The number of carbonyl (C=O) groups is 2. The Morgan fingerprint density at radius 3 is 2.45 bits per heavy atom. The summed E-state index contributed by atoms with van der Waals surface area (Å²) >= 11 is 0. The quantitative estimate of drug-likeness (QED) is 0.191. The van der Waals surface area contributed by atoms with Crippen LogP contribution in [0.3, 0.4) is 0 Å². The zero-order chi connectivity index (χ0) is 31.4. The van der Waals surface area contributed by atoms with Crippen LogP contribution in [0.25, 0.3) is 22.2 Å². The summed E-state index contributed by atoms with van der Waals surface area (Å²) in [6, 6.07) is 12.3. The molecule has 0 saturated heterocycles. The normalized spacial score (nSPS) is 10.8. The number of nitrogens with one attached hydrogen (secondary N) is 1. The molecule has 10 nitrogen and oxygen atoms in total. The number of aromatic nitrogens is 3. The molecule has 44 heavy (non-hydrogen) atoms. The monoisotopic (exact) mass is 600 g/mol. The minimum Gasteiger partial charge on any atom is -0.506 e. The van der Waals surface area contributed by atoms with Crippen molar-refractivity contribution in [3.8, 4) is 34.1 Å². The Hall–Kier alpha value is -5.65. The van der Waals surface area contributed by atoms with Gasteiger partial charge in [0.15, 0.2) is 17.3 Å². The molecular formula is C32H26F2N4O6. The highest BCUT2D eigenvalue weighted by molar-refractivity contribution is 6.07. The van der Waals surface area contributed by atoms with Gasteiger partial charge >= 0.3 is 5.97 Å². The highest BCUT2D eigenvalue weighted by atomic mass is 19.1. The fraction of sp³-hybridized carbons (Fsp3) is 0.156. The van der Waals surface area contributed by atoms with Crippen molar-refractivity contribution in [1.82, 2.24) is 15.0 Å². The van der Waals surface area contributed by atoms with Crippen LogP contribution in [0.15, 0.2) is 67.0 Å². The number of methoxy groups -OCH3 is 1. The third kappa shape index (κ3) is 6.24. The van der Waals surface area contributed by atoms with Crippen molar-refractivity contribution in [2.45, 2.75) is 20.3 Å². The first-order valence-corrected chi connectivity index (χ1v) is 13.4. The van der Waals surface area contributed by atoms with Crippen LogP contribution in [-0.2, 0) is 16.0 Å². The lowest BCUT2D eigenvalue weighted by atomic mass is 10.0. The number of benzene rings is 2. The summed E-state index contributed by atoms with van der Waals surface area (Å²) < 4.78 is 44.8. The van der Waals surface area contributed by atoms with E-state index in [0.29, 0.717) is 28.2 Å². The number of amides is 1. The lowest BCUT2D eigenvalue weighted by molar-refractivity contribution is -0.142. The van der Waals surface area contributed by atoms with Crippen molar-refractivity contribution in [3.63, 3.8) is 0 Å². The van der Waals surface area contributed by atoms with Crippen LogP contribution >= 0.6 is 0 Å². The van der Waals surface area contributed by atoms with Crippen molar-refractivity contribution in [1.29, 1.82) is 0 Å². The molecular weight excluding hydrogens is 574 g/mol. The van der Waals surface area contributed by atoms with Crippen molar-refractivity contribution in [2.75, 3.05) is 19.0 Å². The van der Waals surface area contributed by atoms with Crippen molar-refractivity contribution >= 4 is 28.6 Å². The summed E-state index contributed by atoms with van der Waals surface area (Å²) in [4.78, 5) is 38.1. The van der Waals surface area contributed by atoms with E-state index < -0.39 is 23.5 Å². The molecule has 0 bridgehead atoms. The molecule has 5 aromatic rings. The lowest BCUT2D eigenvalue weighted by Gasteiger charge is -2.14. The number of halogens is 2. The van der Waals surface area contributed by atoms with Crippen LogP contribution in [0.1, 0.15) is 28.7 Å². The van der Waals surface area contributed by atoms with Gasteiger partial charge in [-0.2, -0.15) is 0 Å². The third-order valence-electron chi connectivity index (χ3n) is 6.58. The van der Waals surface area contributed by atoms with E-state index in [4.69, 9.17) is 14.2 Å². The second-order valence-electron chi connectivity index (χ2n) is 9.49. The zero-order valence-electron chi connectivity index (χ0n) is 23.9. The summed E-state index contributed by atoms with van der Waals surface area (Å²) in [7, 11) is 1.44. The smallest absolute Gasteiger partial charge is 0.312 e. The molecule has 0 aliphatic heterocycles. The molecule has 0 radical (unpaired) electrons. The molecule has 224 valence electrons. The predicted molar refractivity (Wildman–Crippen MR) is 157 cm³/mol. The summed E-state index contributed by atoms with van der Waals surface area (Å²) in [5.41, 5.74) is 2.07.